The number of imidazole rings is 1. The molecule has 5 rings (SSSR count). The lowest BCUT2D eigenvalue weighted by Gasteiger charge is -2.32. The molecule has 6 heteroatoms. The summed E-state index contributed by atoms with van der Waals surface area (Å²) in [5, 5.41) is 1.63. The Kier molecular flexibility index (Phi) is 5.11. The average Bonchev–Trinajstić information content (AvgIpc) is 3.19. The van der Waals surface area contributed by atoms with Gasteiger partial charge in [-0.2, -0.15) is 0 Å². The van der Waals surface area contributed by atoms with E-state index >= 15 is 0 Å². The van der Waals surface area contributed by atoms with Crippen LogP contribution in [0, 0.1) is 0 Å². The fourth-order valence-corrected chi connectivity index (χ4v) is 5.56. The topological polar surface area (TPSA) is 50.5 Å². The molecule has 0 bridgehead atoms. The number of hydrogen-bond donors (Lipinski definition) is 0. The summed E-state index contributed by atoms with van der Waals surface area (Å²) in [4.78, 5) is 25.0. The molecular formula is C24H26N4OS. The van der Waals surface area contributed by atoms with Crippen LogP contribution in [0.3, 0.4) is 0 Å². The first-order chi connectivity index (χ1) is 14.6. The van der Waals surface area contributed by atoms with Crippen LogP contribution in [-0.2, 0) is 4.79 Å². The number of nitrogens with zero attached hydrogens (tertiary/aromatic N) is 4. The van der Waals surface area contributed by atoms with Crippen LogP contribution in [0.1, 0.15) is 39.0 Å². The van der Waals surface area contributed by atoms with Crippen LogP contribution in [0.2, 0.25) is 0 Å². The van der Waals surface area contributed by atoms with Crippen LogP contribution in [-0.4, -0.2) is 43.5 Å². The SMILES string of the molecule is C[C@@H](Sc1nc2ccccc2c2nc3ccccc3n12)C(=O)N(C)C1CCCCC1. The Hall–Kier alpha value is -2.60. The van der Waals surface area contributed by atoms with E-state index in [0.717, 1.165) is 45.6 Å². The number of para-hydroxylation sites is 3. The van der Waals surface area contributed by atoms with Crippen molar-refractivity contribution in [3.63, 3.8) is 0 Å². The first-order valence-electron chi connectivity index (χ1n) is 10.7. The van der Waals surface area contributed by atoms with Crippen molar-refractivity contribution in [1.29, 1.82) is 0 Å². The van der Waals surface area contributed by atoms with Crippen molar-refractivity contribution in [1.82, 2.24) is 19.3 Å². The van der Waals surface area contributed by atoms with E-state index in [4.69, 9.17) is 9.97 Å². The minimum absolute atomic E-state index is 0.180. The van der Waals surface area contributed by atoms with E-state index in [2.05, 4.69) is 16.5 Å². The molecule has 4 aromatic rings. The zero-order chi connectivity index (χ0) is 20.7. The summed E-state index contributed by atoms with van der Waals surface area (Å²) in [6.45, 7) is 1.99. The molecule has 1 atom stereocenters. The summed E-state index contributed by atoms with van der Waals surface area (Å²) in [6.07, 6.45) is 5.96. The van der Waals surface area contributed by atoms with Crippen molar-refractivity contribution in [2.75, 3.05) is 7.05 Å². The molecule has 1 aliphatic rings. The fourth-order valence-electron chi connectivity index (χ4n) is 4.54. The summed E-state index contributed by atoms with van der Waals surface area (Å²) in [5.41, 5.74) is 3.76. The number of benzene rings is 2. The minimum Gasteiger partial charge on any atom is -0.342 e. The van der Waals surface area contributed by atoms with Crippen LogP contribution in [0.4, 0.5) is 0 Å². The normalized spacial score (nSPS) is 16.3. The average molecular weight is 419 g/mol. The van der Waals surface area contributed by atoms with Crippen LogP contribution in [0.15, 0.2) is 53.7 Å². The molecule has 0 saturated heterocycles. The van der Waals surface area contributed by atoms with Crippen LogP contribution < -0.4 is 0 Å². The smallest absolute Gasteiger partial charge is 0.235 e. The number of aromatic nitrogens is 3. The van der Waals surface area contributed by atoms with Gasteiger partial charge in [-0.3, -0.25) is 9.20 Å². The van der Waals surface area contributed by atoms with Gasteiger partial charge in [-0.05, 0) is 44.0 Å². The third kappa shape index (κ3) is 3.33. The Balaban J connectivity index is 1.55. The molecule has 0 unspecified atom stereocenters. The predicted octanol–water partition coefficient (Wildman–Crippen LogP) is 5.31. The van der Waals surface area contributed by atoms with Gasteiger partial charge in [0, 0.05) is 18.5 Å². The summed E-state index contributed by atoms with van der Waals surface area (Å²) < 4.78 is 2.10. The highest BCUT2D eigenvalue weighted by atomic mass is 32.2. The highest BCUT2D eigenvalue weighted by Gasteiger charge is 2.27. The molecule has 1 saturated carbocycles. The number of fused-ring (bicyclic) bond motifs is 5. The molecule has 0 aliphatic heterocycles. The number of rotatable bonds is 4. The Morgan fingerprint density at radius 2 is 1.73 bits per heavy atom. The van der Waals surface area contributed by atoms with Gasteiger partial charge in [0.05, 0.1) is 21.8 Å². The molecule has 0 spiro atoms. The number of thioether (sulfide) groups is 1. The van der Waals surface area contributed by atoms with Crippen LogP contribution >= 0.6 is 11.8 Å². The van der Waals surface area contributed by atoms with E-state index < -0.39 is 0 Å². The summed E-state index contributed by atoms with van der Waals surface area (Å²) in [5.74, 6) is 0.180. The molecule has 1 aliphatic carbocycles. The Morgan fingerprint density at radius 3 is 2.53 bits per heavy atom. The predicted molar refractivity (Wildman–Crippen MR) is 123 cm³/mol. The molecular weight excluding hydrogens is 392 g/mol. The maximum Gasteiger partial charge on any atom is 0.235 e. The molecule has 2 aromatic carbocycles. The highest BCUT2D eigenvalue weighted by molar-refractivity contribution is 8.00. The van der Waals surface area contributed by atoms with Gasteiger partial charge < -0.3 is 4.90 Å². The van der Waals surface area contributed by atoms with Gasteiger partial charge in [-0.1, -0.05) is 55.3 Å². The van der Waals surface area contributed by atoms with Crippen LogP contribution in [0.5, 0.6) is 0 Å². The zero-order valence-electron chi connectivity index (χ0n) is 17.4. The molecule has 1 amide bonds. The first kappa shape index (κ1) is 19.4. The van der Waals surface area contributed by atoms with Gasteiger partial charge in [0.15, 0.2) is 5.16 Å². The second kappa shape index (κ2) is 7.91. The van der Waals surface area contributed by atoms with Gasteiger partial charge in [-0.15, -0.1) is 0 Å². The molecule has 30 heavy (non-hydrogen) atoms. The number of carbonyl (C=O) groups is 1. The van der Waals surface area contributed by atoms with Gasteiger partial charge in [0.1, 0.15) is 5.65 Å². The van der Waals surface area contributed by atoms with Gasteiger partial charge >= 0.3 is 0 Å². The van der Waals surface area contributed by atoms with Crippen molar-refractivity contribution in [2.24, 2.45) is 0 Å². The maximum absolute atomic E-state index is 13.2. The molecule has 0 N–H and O–H groups in total. The van der Waals surface area contributed by atoms with E-state index in [1.165, 1.54) is 31.0 Å². The summed E-state index contributed by atoms with van der Waals surface area (Å²) >= 11 is 1.53. The van der Waals surface area contributed by atoms with Crippen molar-refractivity contribution >= 4 is 45.3 Å². The molecule has 0 radical (unpaired) electrons. The quantitative estimate of drug-likeness (QED) is 0.333. The van der Waals surface area contributed by atoms with Gasteiger partial charge in [0.25, 0.3) is 0 Å². The Labute approximate surface area is 180 Å². The standard InChI is InChI=1S/C24H26N4OS/c1-16(23(29)27(2)17-10-4-3-5-11-17)30-24-26-19-13-7-6-12-18(19)22-25-20-14-8-9-15-21(20)28(22)24/h6-9,12-17H,3-5,10-11H2,1-2H3/t16-/m1/s1. The van der Waals surface area contributed by atoms with E-state index in [1.807, 2.05) is 55.3 Å². The van der Waals surface area contributed by atoms with E-state index in [0.29, 0.717) is 6.04 Å². The second-order valence-corrected chi connectivity index (χ2v) is 9.48. The van der Waals surface area contributed by atoms with Crippen molar-refractivity contribution < 1.29 is 4.79 Å². The van der Waals surface area contributed by atoms with Gasteiger partial charge in [0.2, 0.25) is 5.91 Å². The third-order valence-electron chi connectivity index (χ3n) is 6.21. The number of hydrogen-bond acceptors (Lipinski definition) is 4. The van der Waals surface area contributed by atoms with E-state index in [9.17, 15) is 4.79 Å². The van der Waals surface area contributed by atoms with Crippen molar-refractivity contribution in [2.45, 2.75) is 55.5 Å². The monoisotopic (exact) mass is 418 g/mol. The van der Waals surface area contributed by atoms with Crippen LogP contribution in [0.25, 0.3) is 27.6 Å². The lowest BCUT2D eigenvalue weighted by atomic mass is 9.94. The molecule has 5 nitrogen and oxygen atoms in total. The Bertz CT molecular complexity index is 1230. The van der Waals surface area contributed by atoms with Crippen molar-refractivity contribution in [3.8, 4) is 0 Å². The first-order valence-corrected chi connectivity index (χ1v) is 11.6. The van der Waals surface area contributed by atoms with E-state index in [-0.39, 0.29) is 11.2 Å². The van der Waals surface area contributed by atoms with E-state index in [1.54, 1.807) is 0 Å². The molecule has 1 fully saturated rings. The largest absolute Gasteiger partial charge is 0.342 e. The second-order valence-electron chi connectivity index (χ2n) is 8.17. The maximum atomic E-state index is 13.2. The lowest BCUT2D eigenvalue weighted by Crippen LogP contribution is -2.42. The highest BCUT2D eigenvalue weighted by Crippen LogP contribution is 2.32. The molecule has 2 aromatic heterocycles. The fraction of sp³-hybridized carbons (Fsp3) is 0.375. The summed E-state index contributed by atoms with van der Waals surface area (Å²) in [6, 6.07) is 16.6. The lowest BCUT2D eigenvalue weighted by molar-refractivity contribution is -0.131. The van der Waals surface area contributed by atoms with Gasteiger partial charge in [-0.25, -0.2) is 9.97 Å². The molecule has 2 heterocycles. The minimum atomic E-state index is -0.213. The Morgan fingerprint density at radius 1 is 1.03 bits per heavy atom. The molecule has 154 valence electrons. The third-order valence-corrected chi connectivity index (χ3v) is 7.25. The summed E-state index contributed by atoms with van der Waals surface area (Å²) in [7, 11) is 1.96. The van der Waals surface area contributed by atoms with Crippen molar-refractivity contribution in [3.05, 3.63) is 48.5 Å². The zero-order valence-corrected chi connectivity index (χ0v) is 18.2. The number of amides is 1. The number of carbonyl (C=O) groups excluding carboxylic acids is 1.